The summed E-state index contributed by atoms with van der Waals surface area (Å²) >= 11 is 6.16. The molecule has 0 amide bonds. The Kier molecular flexibility index (Phi) is 3.56. The molecule has 0 spiro atoms. The number of halogens is 1. The van der Waals surface area contributed by atoms with Crippen LogP contribution in [0, 0.1) is 5.41 Å². The van der Waals surface area contributed by atoms with Crippen LogP contribution in [0.2, 0.25) is 5.02 Å². The topological polar surface area (TPSA) is 26.0 Å². The zero-order valence-electron chi connectivity index (χ0n) is 9.88. The Labute approximate surface area is 103 Å². The summed E-state index contributed by atoms with van der Waals surface area (Å²) in [4.78, 5) is 0. The van der Waals surface area contributed by atoms with Gasteiger partial charge in [-0.05, 0) is 36.3 Å². The van der Waals surface area contributed by atoms with E-state index in [1.54, 1.807) is 0 Å². The quantitative estimate of drug-likeness (QED) is 0.851. The van der Waals surface area contributed by atoms with Gasteiger partial charge in [0.05, 0.1) is 0 Å². The van der Waals surface area contributed by atoms with Gasteiger partial charge in [-0.25, -0.2) is 0 Å². The van der Waals surface area contributed by atoms with Gasteiger partial charge >= 0.3 is 0 Å². The minimum atomic E-state index is 0.231. The lowest BCUT2D eigenvalue weighted by Gasteiger charge is -2.31. The van der Waals surface area contributed by atoms with Crippen LogP contribution in [0.1, 0.15) is 38.2 Å². The second kappa shape index (κ2) is 4.77. The first-order valence-corrected chi connectivity index (χ1v) is 6.49. The van der Waals surface area contributed by atoms with Gasteiger partial charge in [0, 0.05) is 11.1 Å². The van der Waals surface area contributed by atoms with Crippen molar-refractivity contribution in [2.24, 2.45) is 11.1 Å². The van der Waals surface area contributed by atoms with E-state index in [0.717, 1.165) is 11.4 Å². The van der Waals surface area contributed by atoms with E-state index in [1.807, 2.05) is 18.2 Å². The van der Waals surface area contributed by atoms with E-state index in [9.17, 15) is 0 Å². The van der Waals surface area contributed by atoms with Crippen LogP contribution in [0.25, 0.3) is 0 Å². The van der Waals surface area contributed by atoms with Gasteiger partial charge < -0.3 is 5.73 Å². The summed E-state index contributed by atoms with van der Waals surface area (Å²) in [5.74, 6) is 0. The molecule has 1 aromatic carbocycles. The Morgan fingerprint density at radius 1 is 1.31 bits per heavy atom. The minimum Gasteiger partial charge on any atom is -0.327 e. The van der Waals surface area contributed by atoms with Crippen molar-refractivity contribution in [2.75, 3.05) is 0 Å². The van der Waals surface area contributed by atoms with E-state index in [1.165, 1.54) is 31.2 Å². The second-order valence-corrected chi connectivity index (χ2v) is 5.67. The summed E-state index contributed by atoms with van der Waals surface area (Å²) in [6.07, 6.45) is 6.08. The molecule has 0 aliphatic heterocycles. The minimum absolute atomic E-state index is 0.231. The average Bonchev–Trinajstić information content (AvgIpc) is 2.70. The molecule has 16 heavy (non-hydrogen) atoms. The molecule has 1 atom stereocenters. The molecule has 1 fully saturated rings. The average molecular weight is 238 g/mol. The maximum Gasteiger partial charge on any atom is 0.0438 e. The molecule has 0 aromatic heterocycles. The van der Waals surface area contributed by atoms with Crippen molar-refractivity contribution >= 4 is 11.6 Å². The summed E-state index contributed by atoms with van der Waals surface area (Å²) in [6, 6.07) is 8.26. The van der Waals surface area contributed by atoms with Crippen LogP contribution < -0.4 is 5.73 Å². The largest absolute Gasteiger partial charge is 0.327 e. The molecule has 0 heterocycles. The van der Waals surface area contributed by atoms with Crippen molar-refractivity contribution in [2.45, 2.75) is 45.1 Å². The summed E-state index contributed by atoms with van der Waals surface area (Å²) in [7, 11) is 0. The van der Waals surface area contributed by atoms with Crippen LogP contribution in [-0.2, 0) is 6.42 Å². The van der Waals surface area contributed by atoms with Gasteiger partial charge in [-0.15, -0.1) is 0 Å². The van der Waals surface area contributed by atoms with Crippen LogP contribution in [0.15, 0.2) is 24.3 Å². The Morgan fingerprint density at radius 2 is 1.94 bits per heavy atom. The van der Waals surface area contributed by atoms with Crippen LogP contribution in [0.3, 0.4) is 0 Å². The van der Waals surface area contributed by atoms with E-state index in [2.05, 4.69) is 13.0 Å². The lowest BCUT2D eigenvalue weighted by Crippen LogP contribution is -2.39. The fourth-order valence-corrected chi connectivity index (χ4v) is 2.91. The summed E-state index contributed by atoms with van der Waals surface area (Å²) in [6.45, 7) is 2.32. The molecule has 1 unspecified atom stereocenters. The molecule has 1 aliphatic rings. The molecule has 0 radical (unpaired) electrons. The third-order valence-electron chi connectivity index (χ3n) is 4.04. The Balaban J connectivity index is 2.07. The van der Waals surface area contributed by atoms with Crippen molar-refractivity contribution in [1.29, 1.82) is 0 Å². The highest BCUT2D eigenvalue weighted by Crippen LogP contribution is 2.41. The van der Waals surface area contributed by atoms with Crippen molar-refractivity contribution in [3.63, 3.8) is 0 Å². The van der Waals surface area contributed by atoms with Crippen LogP contribution in [-0.4, -0.2) is 6.04 Å². The molecule has 2 N–H and O–H groups in total. The number of hydrogen-bond donors (Lipinski definition) is 1. The molecule has 1 saturated carbocycles. The lowest BCUT2D eigenvalue weighted by molar-refractivity contribution is 0.260. The maximum atomic E-state index is 6.36. The van der Waals surface area contributed by atoms with Crippen molar-refractivity contribution in [3.8, 4) is 0 Å². The third kappa shape index (κ3) is 2.41. The van der Waals surface area contributed by atoms with Crippen molar-refractivity contribution in [3.05, 3.63) is 34.9 Å². The summed E-state index contributed by atoms with van der Waals surface area (Å²) < 4.78 is 0. The zero-order valence-corrected chi connectivity index (χ0v) is 10.6. The van der Waals surface area contributed by atoms with Gasteiger partial charge in [-0.3, -0.25) is 0 Å². The van der Waals surface area contributed by atoms with Crippen LogP contribution in [0.4, 0.5) is 0 Å². The molecule has 2 rings (SSSR count). The van der Waals surface area contributed by atoms with Crippen LogP contribution >= 0.6 is 11.6 Å². The van der Waals surface area contributed by atoms with E-state index in [-0.39, 0.29) is 6.04 Å². The first-order chi connectivity index (χ1) is 7.62. The first-order valence-electron chi connectivity index (χ1n) is 6.11. The fraction of sp³-hybridized carbons (Fsp3) is 0.571. The molecule has 1 aliphatic carbocycles. The Bertz CT molecular complexity index is 356. The van der Waals surface area contributed by atoms with Crippen molar-refractivity contribution < 1.29 is 0 Å². The monoisotopic (exact) mass is 237 g/mol. The second-order valence-electron chi connectivity index (χ2n) is 5.26. The normalized spacial score (nSPS) is 20.9. The van der Waals surface area contributed by atoms with Gasteiger partial charge in [-0.1, -0.05) is 49.6 Å². The lowest BCUT2D eigenvalue weighted by atomic mass is 9.78. The highest BCUT2D eigenvalue weighted by atomic mass is 35.5. The molecule has 2 heteroatoms. The van der Waals surface area contributed by atoms with E-state index < -0.39 is 0 Å². The molecule has 1 nitrogen and oxygen atoms in total. The number of hydrogen-bond acceptors (Lipinski definition) is 1. The molecular weight excluding hydrogens is 218 g/mol. The Morgan fingerprint density at radius 3 is 2.56 bits per heavy atom. The molecule has 0 bridgehead atoms. The zero-order chi connectivity index (χ0) is 11.6. The molecule has 0 saturated heterocycles. The Hall–Kier alpha value is -0.530. The summed E-state index contributed by atoms with van der Waals surface area (Å²) in [5, 5.41) is 0.847. The van der Waals surface area contributed by atoms with Gasteiger partial charge in [0.1, 0.15) is 0 Å². The number of nitrogens with two attached hydrogens (primary N) is 1. The summed E-state index contributed by atoms with van der Waals surface area (Å²) in [5.41, 5.74) is 7.86. The molecule has 88 valence electrons. The van der Waals surface area contributed by atoms with Gasteiger partial charge in [0.25, 0.3) is 0 Å². The van der Waals surface area contributed by atoms with E-state index in [0.29, 0.717) is 5.41 Å². The third-order valence-corrected chi connectivity index (χ3v) is 4.41. The predicted molar refractivity (Wildman–Crippen MR) is 69.7 cm³/mol. The van der Waals surface area contributed by atoms with Crippen molar-refractivity contribution in [1.82, 2.24) is 0 Å². The van der Waals surface area contributed by atoms with Gasteiger partial charge in [0.15, 0.2) is 0 Å². The molecule has 1 aromatic rings. The van der Waals surface area contributed by atoms with E-state index in [4.69, 9.17) is 17.3 Å². The standard InChI is InChI=1S/C14H20ClN/c1-14(8-4-5-9-14)13(16)10-11-6-2-3-7-12(11)15/h2-3,6-7,13H,4-5,8-10,16H2,1H3. The number of rotatable bonds is 3. The highest BCUT2D eigenvalue weighted by molar-refractivity contribution is 6.31. The fourth-order valence-electron chi connectivity index (χ4n) is 2.70. The number of benzene rings is 1. The molecular formula is C14H20ClN. The smallest absolute Gasteiger partial charge is 0.0438 e. The SMILES string of the molecule is CC1(C(N)Cc2ccccc2Cl)CCCC1. The first kappa shape index (κ1) is 11.9. The van der Waals surface area contributed by atoms with Crippen LogP contribution in [0.5, 0.6) is 0 Å². The van der Waals surface area contributed by atoms with E-state index >= 15 is 0 Å². The van der Waals surface area contributed by atoms with Gasteiger partial charge in [-0.2, -0.15) is 0 Å². The maximum absolute atomic E-state index is 6.36. The van der Waals surface area contributed by atoms with Gasteiger partial charge in [0.2, 0.25) is 0 Å². The highest BCUT2D eigenvalue weighted by Gasteiger charge is 2.34. The predicted octanol–water partition coefficient (Wildman–Crippen LogP) is 3.79.